The second-order valence-electron chi connectivity index (χ2n) is 4.93. The van der Waals surface area contributed by atoms with Crippen LogP contribution in [0.15, 0.2) is 30.5 Å². The molecule has 0 bridgehead atoms. The summed E-state index contributed by atoms with van der Waals surface area (Å²) >= 11 is 1.60. The number of rotatable bonds is 5. The third kappa shape index (κ3) is 3.00. The van der Waals surface area contributed by atoms with Gasteiger partial charge in [0.2, 0.25) is 10.1 Å². The van der Waals surface area contributed by atoms with Crippen molar-refractivity contribution in [3.05, 3.63) is 41.7 Å². The number of imidazole rings is 1. The lowest BCUT2D eigenvalue weighted by atomic mass is 10.2. The Hall–Kier alpha value is -2.08. The van der Waals surface area contributed by atoms with E-state index in [1.54, 1.807) is 11.3 Å². The fourth-order valence-electron chi connectivity index (χ4n) is 2.15. The number of nitrogens with zero attached hydrogens (tertiary/aromatic N) is 4. The Kier molecular flexibility index (Phi) is 3.79. The average molecular weight is 302 g/mol. The number of anilines is 1. The summed E-state index contributed by atoms with van der Waals surface area (Å²) in [6.07, 6.45) is 1.94. The van der Waals surface area contributed by atoms with E-state index in [1.165, 1.54) is 5.56 Å². The van der Waals surface area contributed by atoms with Crippen LogP contribution < -0.4 is 9.64 Å². The van der Waals surface area contributed by atoms with Crippen molar-refractivity contribution in [1.29, 1.82) is 0 Å². The second-order valence-corrected chi connectivity index (χ2v) is 5.86. The molecule has 3 rings (SSSR count). The van der Waals surface area contributed by atoms with Crippen LogP contribution in [0.25, 0.3) is 4.96 Å². The van der Waals surface area contributed by atoms with Gasteiger partial charge >= 0.3 is 0 Å². The molecule has 2 heterocycles. The van der Waals surface area contributed by atoms with E-state index in [4.69, 9.17) is 4.74 Å². The van der Waals surface area contributed by atoms with Gasteiger partial charge in [-0.3, -0.25) is 0 Å². The molecule has 2 aromatic heterocycles. The van der Waals surface area contributed by atoms with Crippen LogP contribution in [0.4, 0.5) is 5.13 Å². The van der Waals surface area contributed by atoms with Crippen molar-refractivity contribution in [2.24, 2.45) is 0 Å². The van der Waals surface area contributed by atoms with Crippen LogP contribution in [0.1, 0.15) is 18.2 Å². The van der Waals surface area contributed by atoms with Crippen molar-refractivity contribution >= 4 is 21.4 Å². The zero-order valence-corrected chi connectivity index (χ0v) is 13.2. The number of aromatic nitrogens is 3. The van der Waals surface area contributed by atoms with Gasteiger partial charge < -0.3 is 9.64 Å². The Balaban J connectivity index is 1.72. The molecule has 21 heavy (non-hydrogen) atoms. The van der Waals surface area contributed by atoms with E-state index in [2.05, 4.69) is 27.1 Å². The van der Waals surface area contributed by atoms with Crippen LogP contribution in [-0.2, 0) is 6.54 Å². The smallest absolute Gasteiger partial charge is 0.214 e. The van der Waals surface area contributed by atoms with Gasteiger partial charge in [-0.05, 0) is 31.5 Å². The van der Waals surface area contributed by atoms with E-state index in [1.807, 2.05) is 43.7 Å². The van der Waals surface area contributed by atoms with Crippen LogP contribution in [0, 0.1) is 6.92 Å². The quantitative estimate of drug-likeness (QED) is 0.726. The molecule has 1 aromatic carbocycles. The molecular formula is C15H18N4OS. The van der Waals surface area contributed by atoms with Gasteiger partial charge in [0.25, 0.3) is 0 Å². The molecule has 0 unspecified atom stereocenters. The minimum Gasteiger partial charge on any atom is -0.494 e. The van der Waals surface area contributed by atoms with Gasteiger partial charge in [0.15, 0.2) is 0 Å². The number of aryl methyl sites for hydroxylation is 1. The summed E-state index contributed by atoms with van der Waals surface area (Å²) in [4.78, 5) is 7.49. The lowest BCUT2D eigenvalue weighted by Crippen LogP contribution is -2.16. The molecule has 0 N–H and O–H groups in total. The SMILES string of the molecule is CCOc1ccc(CN(C)c2nn3cc(C)nc3s2)cc1. The van der Waals surface area contributed by atoms with Crippen molar-refractivity contribution in [3.8, 4) is 5.75 Å². The Morgan fingerprint density at radius 3 is 2.71 bits per heavy atom. The van der Waals surface area contributed by atoms with Gasteiger partial charge in [0.1, 0.15) is 5.75 Å². The normalized spacial score (nSPS) is 11.0. The largest absolute Gasteiger partial charge is 0.494 e. The van der Waals surface area contributed by atoms with Crippen LogP contribution in [0.5, 0.6) is 5.75 Å². The maximum absolute atomic E-state index is 5.46. The first-order valence-corrected chi connectivity index (χ1v) is 7.73. The van der Waals surface area contributed by atoms with Gasteiger partial charge in [0.05, 0.1) is 18.5 Å². The Bertz CT molecular complexity index is 700. The zero-order valence-electron chi connectivity index (χ0n) is 12.4. The molecule has 0 radical (unpaired) electrons. The first-order chi connectivity index (χ1) is 10.2. The Morgan fingerprint density at radius 2 is 2.05 bits per heavy atom. The number of fused-ring (bicyclic) bond motifs is 1. The first-order valence-electron chi connectivity index (χ1n) is 6.91. The Morgan fingerprint density at radius 1 is 1.29 bits per heavy atom. The number of hydrogen-bond donors (Lipinski definition) is 0. The molecule has 0 aliphatic carbocycles. The summed E-state index contributed by atoms with van der Waals surface area (Å²) in [6.45, 7) is 5.46. The van der Waals surface area contributed by atoms with Crippen LogP contribution in [0.3, 0.4) is 0 Å². The molecule has 0 saturated carbocycles. The summed E-state index contributed by atoms with van der Waals surface area (Å²) in [5.41, 5.74) is 2.22. The monoisotopic (exact) mass is 302 g/mol. The molecule has 0 aliphatic rings. The first kappa shape index (κ1) is 13.9. The molecule has 0 aliphatic heterocycles. The highest BCUT2D eigenvalue weighted by atomic mass is 32.1. The van der Waals surface area contributed by atoms with Crippen molar-refractivity contribution in [2.45, 2.75) is 20.4 Å². The van der Waals surface area contributed by atoms with Gasteiger partial charge in [-0.15, -0.1) is 5.10 Å². The molecule has 0 saturated heterocycles. The molecule has 6 heteroatoms. The third-order valence-corrected chi connectivity index (χ3v) is 4.17. The molecule has 3 aromatic rings. The molecular weight excluding hydrogens is 284 g/mol. The van der Waals surface area contributed by atoms with Crippen molar-refractivity contribution in [2.75, 3.05) is 18.6 Å². The van der Waals surface area contributed by atoms with Crippen molar-refractivity contribution in [3.63, 3.8) is 0 Å². The minimum atomic E-state index is 0.692. The summed E-state index contributed by atoms with van der Waals surface area (Å²) < 4.78 is 7.29. The predicted molar refractivity (Wildman–Crippen MR) is 85.3 cm³/mol. The lowest BCUT2D eigenvalue weighted by molar-refractivity contribution is 0.340. The van der Waals surface area contributed by atoms with E-state index in [-0.39, 0.29) is 0 Å². The summed E-state index contributed by atoms with van der Waals surface area (Å²) in [5.74, 6) is 0.909. The Labute approximate surface area is 127 Å². The summed E-state index contributed by atoms with van der Waals surface area (Å²) in [6, 6.07) is 8.18. The van der Waals surface area contributed by atoms with Gasteiger partial charge in [-0.2, -0.15) is 0 Å². The molecule has 0 atom stereocenters. The van der Waals surface area contributed by atoms with E-state index < -0.39 is 0 Å². The topological polar surface area (TPSA) is 42.7 Å². The number of ether oxygens (including phenoxy) is 1. The minimum absolute atomic E-state index is 0.692. The highest BCUT2D eigenvalue weighted by Gasteiger charge is 2.10. The third-order valence-electron chi connectivity index (χ3n) is 3.13. The second kappa shape index (κ2) is 5.73. The lowest BCUT2D eigenvalue weighted by Gasteiger charge is -2.15. The predicted octanol–water partition coefficient (Wildman–Crippen LogP) is 3.13. The maximum atomic E-state index is 5.46. The van der Waals surface area contributed by atoms with Gasteiger partial charge in [-0.1, -0.05) is 23.5 Å². The highest BCUT2D eigenvalue weighted by Crippen LogP contribution is 2.23. The van der Waals surface area contributed by atoms with E-state index in [0.717, 1.165) is 28.1 Å². The zero-order chi connectivity index (χ0) is 14.8. The molecule has 0 amide bonds. The van der Waals surface area contributed by atoms with Crippen LogP contribution in [0.2, 0.25) is 0 Å². The van der Waals surface area contributed by atoms with Crippen LogP contribution >= 0.6 is 11.3 Å². The number of benzene rings is 1. The maximum Gasteiger partial charge on any atom is 0.214 e. The highest BCUT2D eigenvalue weighted by molar-refractivity contribution is 7.20. The fourth-order valence-corrected chi connectivity index (χ4v) is 3.04. The molecule has 110 valence electrons. The molecule has 0 fully saturated rings. The van der Waals surface area contributed by atoms with E-state index >= 15 is 0 Å². The standard InChI is InChI=1S/C15H18N4OS/c1-4-20-13-7-5-12(6-8-13)10-18(3)15-17-19-9-11(2)16-14(19)21-15/h5-9H,4,10H2,1-3H3. The number of hydrogen-bond acceptors (Lipinski definition) is 5. The summed E-state index contributed by atoms with van der Waals surface area (Å²) in [5, 5.41) is 5.51. The van der Waals surface area contributed by atoms with Crippen molar-refractivity contribution in [1.82, 2.24) is 14.6 Å². The van der Waals surface area contributed by atoms with Crippen LogP contribution in [-0.4, -0.2) is 28.3 Å². The van der Waals surface area contributed by atoms with Gasteiger partial charge in [0, 0.05) is 13.6 Å². The van der Waals surface area contributed by atoms with Gasteiger partial charge in [-0.25, -0.2) is 9.50 Å². The van der Waals surface area contributed by atoms with Crippen molar-refractivity contribution < 1.29 is 4.74 Å². The molecule has 0 spiro atoms. The fraction of sp³-hybridized carbons (Fsp3) is 0.333. The van der Waals surface area contributed by atoms with E-state index in [9.17, 15) is 0 Å². The molecule has 5 nitrogen and oxygen atoms in total. The summed E-state index contributed by atoms with van der Waals surface area (Å²) in [7, 11) is 2.04. The average Bonchev–Trinajstić information content (AvgIpc) is 2.98. The van der Waals surface area contributed by atoms with E-state index in [0.29, 0.717) is 6.61 Å².